The number of rotatable bonds is 8. The van der Waals surface area contributed by atoms with Gasteiger partial charge >= 0.3 is 18.5 Å². The quantitative estimate of drug-likeness (QED) is 0.263. The first-order valence-electron chi connectivity index (χ1n) is 12.8. The highest BCUT2D eigenvalue weighted by Crippen LogP contribution is 2.38. The minimum Gasteiger partial charge on any atom is -0.330 e. The second kappa shape index (κ2) is 11.5. The van der Waals surface area contributed by atoms with E-state index >= 15 is 0 Å². The standard InChI is InChI=1S/C26H27F9N6/c1-3-22(40-8-4-5-9-40)21-7-6-18(24(27,28)29)12-17(21)15-41(23-36-38-39(2)37-23)14-16-10-19(25(30,31)32)13-20(11-16)26(33,34)35/h6-7,10-13,22H,3-5,8-9,14-15H2,1-2H3. The highest BCUT2D eigenvalue weighted by molar-refractivity contribution is 5.42. The molecule has 0 amide bonds. The molecule has 0 radical (unpaired) electrons. The number of aryl methyl sites for hydroxylation is 1. The first kappa shape index (κ1) is 30.6. The van der Waals surface area contributed by atoms with Gasteiger partial charge in [-0.3, -0.25) is 4.90 Å². The maximum absolute atomic E-state index is 13.7. The van der Waals surface area contributed by atoms with E-state index in [1.54, 1.807) is 0 Å². The fraction of sp³-hybridized carbons (Fsp3) is 0.500. The molecule has 224 valence electrons. The molecule has 1 aromatic heterocycles. The number of hydrogen-bond donors (Lipinski definition) is 0. The molecular weight excluding hydrogens is 567 g/mol. The van der Waals surface area contributed by atoms with Crippen LogP contribution in [0.4, 0.5) is 45.5 Å². The molecule has 2 aromatic carbocycles. The van der Waals surface area contributed by atoms with Crippen LogP contribution in [-0.4, -0.2) is 38.2 Å². The minimum atomic E-state index is -5.07. The Morgan fingerprint density at radius 1 is 0.805 bits per heavy atom. The molecule has 0 bridgehead atoms. The molecule has 0 saturated carbocycles. The van der Waals surface area contributed by atoms with E-state index in [2.05, 4.69) is 20.3 Å². The summed E-state index contributed by atoms with van der Waals surface area (Å²) in [6.45, 7) is 2.51. The van der Waals surface area contributed by atoms with Gasteiger partial charge in [0, 0.05) is 19.1 Å². The normalized spacial score (nSPS) is 15.9. The van der Waals surface area contributed by atoms with Crippen LogP contribution in [0.3, 0.4) is 0 Å². The van der Waals surface area contributed by atoms with E-state index in [0.29, 0.717) is 24.1 Å². The molecule has 2 heterocycles. The summed E-state index contributed by atoms with van der Waals surface area (Å²) < 4.78 is 122. The van der Waals surface area contributed by atoms with Gasteiger partial charge in [-0.2, -0.15) is 44.3 Å². The maximum Gasteiger partial charge on any atom is 0.416 e. The topological polar surface area (TPSA) is 50.1 Å². The summed E-state index contributed by atoms with van der Waals surface area (Å²) in [7, 11) is 1.40. The van der Waals surface area contributed by atoms with Crippen molar-refractivity contribution in [2.75, 3.05) is 18.0 Å². The lowest BCUT2D eigenvalue weighted by atomic mass is 9.94. The average Bonchev–Trinajstić information content (AvgIpc) is 3.55. The van der Waals surface area contributed by atoms with Crippen molar-refractivity contribution in [3.8, 4) is 0 Å². The van der Waals surface area contributed by atoms with Crippen molar-refractivity contribution >= 4 is 5.95 Å². The van der Waals surface area contributed by atoms with Gasteiger partial charge in [0.2, 0.25) is 0 Å². The highest BCUT2D eigenvalue weighted by atomic mass is 19.4. The van der Waals surface area contributed by atoms with E-state index in [1.165, 1.54) is 18.0 Å². The maximum atomic E-state index is 13.7. The number of likely N-dealkylation sites (tertiary alicyclic amines) is 1. The Morgan fingerprint density at radius 2 is 1.39 bits per heavy atom. The number of nitrogens with zero attached hydrogens (tertiary/aromatic N) is 6. The third-order valence-electron chi connectivity index (χ3n) is 6.96. The van der Waals surface area contributed by atoms with Crippen molar-refractivity contribution in [2.45, 2.75) is 63.8 Å². The van der Waals surface area contributed by atoms with Gasteiger partial charge < -0.3 is 4.90 Å². The number of anilines is 1. The molecule has 1 saturated heterocycles. The molecule has 6 nitrogen and oxygen atoms in total. The molecule has 1 aliphatic heterocycles. The molecule has 3 aromatic rings. The SMILES string of the molecule is CCC(c1ccc(C(F)(F)F)cc1CN(Cc1cc(C(F)(F)F)cc(C(F)(F)F)c1)c1nnn(C)n1)N1CCCC1. The Kier molecular flexibility index (Phi) is 8.58. The first-order valence-corrected chi connectivity index (χ1v) is 12.8. The predicted octanol–water partition coefficient (Wildman–Crippen LogP) is 7.02. The third kappa shape index (κ3) is 7.29. The van der Waals surface area contributed by atoms with Gasteiger partial charge in [0.1, 0.15) is 0 Å². The molecule has 0 N–H and O–H groups in total. The molecule has 41 heavy (non-hydrogen) atoms. The predicted molar refractivity (Wildman–Crippen MR) is 130 cm³/mol. The Labute approximate surface area is 229 Å². The largest absolute Gasteiger partial charge is 0.416 e. The number of tetrazole rings is 1. The lowest BCUT2D eigenvalue weighted by Crippen LogP contribution is -2.29. The average molecular weight is 595 g/mol. The second-order valence-corrected chi connectivity index (χ2v) is 9.93. The number of hydrogen-bond acceptors (Lipinski definition) is 5. The number of benzene rings is 2. The van der Waals surface area contributed by atoms with E-state index in [9.17, 15) is 39.5 Å². The van der Waals surface area contributed by atoms with E-state index in [1.807, 2.05) is 6.92 Å². The van der Waals surface area contributed by atoms with E-state index < -0.39 is 41.8 Å². The first-order chi connectivity index (χ1) is 19.1. The Balaban J connectivity index is 1.81. The fourth-order valence-corrected chi connectivity index (χ4v) is 5.11. The van der Waals surface area contributed by atoms with Crippen LogP contribution < -0.4 is 4.90 Å². The van der Waals surface area contributed by atoms with Crippen LogP contribution in [0.5, 0.6) is 0 Å². The minimum absolute atomic E-state index is 0.0151. The van der Waals surface area contributed by atoms with Crippen molar-refractivity contribution in [3.05, 3.63) is 69.8 Å². The molecule has 1 atom stereocenters. The van der Waals surface area contributed by atoms with Crippen LogP contribution in [0.2, 0.25) is 0 Å². The molecule has 1 fully saturated rings. The van der Waals surface area contributed by atoms with Crippen LogP contribution in [0.1, 0.15) is 65.6 Å². The molecule has 4 rings (SSSR count). The zero-order valence-corrected chi connectivity index (χ0v) is 22.1. The Hall–Kier alpha value is -3.36. The van der Waals surface area contributed by atoms with Crippen LogP contribution in [-0.2, 0) is 38.7 Å². The molecular formula is C26H27F9N6. The lowest BCUT2D eigenvalue weighted by molar-refractivity contribution is -0.143. The third-order valence-corrected chi connectivity index (χ3v) is 6.96. The van der Waals surface area contributed by atoms with Crippen molar-refractivity contribution in [1.29, 1.82) is 0 Å². The summed E-state index contributed by atoms with van der Waals surface area (Å²) in [5.41, 5.74) is -3.54. The van der Waals surface area contributed by atoms with Crippen LogP contribution in [0, 0.1) is 0 Å². The van der Waals surface area contributed by atoms with Crippen LogP contribution >= 0.6 is 0 Å². The monoisotopic (exact) mass is 594 g/mol. The summed E-state index contributed by atoms with van der Waals surface area (Å²) >= 11 is 0. The van der Waals surface area contributed by atoms with Gasteiger partial charge in [0.05, 0.1) is 23.7 Å². The number of alkyl halides is 9. The van der Waals surface area contributed by atoms with E-state index in [4.69, 9.17) is 0 Å². The van der Waals surface area contributed by atoms with Crippen molar-refractivity contribution in [1.82, 2.24) is 25.1 Å². The van der Waals surface area contributed by atoms with Gasteiger partial charge in [0.25, 0.3) is 5.95 Å². The van der Waals surface area contributed by atoms with Gasteiger partial charge in [0.15, 0.2) is 0 Å². The van der Waals surface area contributed by atoms with Gasteiger partial charge in [-0.1, -0.05) is 18.1 Å². The van der Waals surface area contributed by atoms with Crippen molar-refractivity contribution in [3.63, 3.8) is 0 Å². The summed E-state index contributed by atoms with van der Waals surface area (Å²) in [6, 6.07) is 4.25. The molecule has 15 heteroatoms. The molecule has 0 aliphatic carbocycles. The zero-order valence-electron chi connectivity index (χ0n) is 22.1. The Morgan fingerprint density at radius 3 is 1.88 bits per heavy atom. The molecule has 1 unspecified atom stereocenters. The number of halogens is 9. The van der Waals surface area contributed by atoms with Gasteiger partial charge in [-0.25, -0.2) is 0 Å². The summed E-state index contributed by atoms with van der Waals surface area (Å²) in [5, 5.41) is 11.6. The van der Waals surface area contributed by atoms with Crippen LogP contribution in [0.25, 0.3) is 0 Å². The highest BCUT2D eigenvalue weighted by Gasteiger charge is 2.37. The van der Waals surface area contributed by atoms with E-state index in [0.717, 1.165) is 42.9 Å². The summed E-state index contributed by atoms with van der Waals surface area (Å²) in [6.07, 6.45) is -12.4. The van der Waals surface area contributed by atoms with Gasteiger partial charge in [-0.15, -0.1) is 5.10 Å². The lowest BCUT2D eigenvalue weighted by Gasteiger charge is -2.31. The molecule has 1 aliphatic rings. The second-order valence-electron chi connectivity index (χ2n) is 9.93. The summed E-state index contributed by atoms with van der Waals surface area (Å²) in [4.78, 5) is 4.40. The van der Waals surface area contributed by atoms with Crippen molar-refractivity contribution in [2.24, 2.45) is 7.05 Å². The number of aromatic nitrogens is 4. The smallest absolute Gasteiger partial charge is 0.330 e. The van der Waals surface area contributed by atoms with E-state index in [-0.39, 0.29) is 35.7 Å². The van der Waals surface area contributed by atoms with Gasteiger partial charge in [-0.05, 0) is 84.6 Å². The zero-order chi connectivity index (χ0) is 30.2. The van der Waals surface area contributed by atoms with Crippen molar-refractivity contribution < 1.29 is 39.5 Å². The molecule has 0 spiro atoms. The Bertz CT molecular complexity index is 1310. The summed E-state index contributed by atoms with van der Waals surface area (Å²) in [5.74, 6) is -0.170. The van der Waals surface area contributed by atoms with Crippen LogP contribution in [0.15, 0.2) is 36.4 Å². The fourth-order valence-electron chi connectivity index (χ4n) is 5.11.